The number of nitrogens with zero attached hydrogens (tertiary/aromatic N) is 1. The average Bonchev–Trinajstić information content (AvgIpc) is 3.35. The molecule has 0 atom stereocenters. The molecule has 2 aromatic carbocycles. The van der Waals surface area contributed by atoms with Crippen LogP contribution in [0, 0.1) is 0 Å². The summed E-state index contributed by atoms with van der Waals surface area (Å²) in [5.74, 6) is -0.563. The number of hydrogen-bond donors (Lipinski definition) is 1. The first kappa shape index (κ1) is 22.3. The normalized spacial score (nSPS) is 14.4. The number of imide groups is 1. The summed E-state index contributed by atoms with van der Waals surface area (Å²) in [6.45, 7) is 6.78. The summed E-state index contributed by atoms with van der Waals surface area (Å²) in [5, 5.41) is 5.80. The van der Waals surface area contributed by atoms with Crippen molar-refractivity contribution in [2.24, 2.45) is 0 Å². The molecule has 164 valence electrons. The van der Waals surface area contributed by atoms with Gasteiger partial charge in [-0.1, -0.05) is 62.7 Å². The van der Waals surface area contributed by atoms with Gasteiger partial charge in [0.2, 0.25) is 0 Å². The van der Waals surface area contributed by atoms with Crippen molar-refractivity contribution in [1.82, 2.24) is 4.90 Å². The van der Waals surface area contributed by atoms with E-state index < -0.39 is 0 Å². The topological polar surface area (TPSA) is 49.4 Å². The van der Waals surface area contributed by atoms with Crippen LogP contribution in [-0.2, 0) is 21.4 Å². The van der Waals surface area contributed by atoms with E-state index in [2.05, 4.69) is 26.1 Å². The third kappa shape index (κ3) is 4.64. The van der Waals surface area contributed by atoms with E-state index in [9.17, 15) is 9.59 Å². The van der Waals surface area contributed by atoms with Gasteiger partial charge < -0.3 is 5.32 Å². The molecule has 4 rings (SSSR count). The Bertz CT molecular complexity index is 1160. The highest BCUT2D eigenvalue weighted by Gasteiger charge is 2.39. The third-order valence-corrected chi connectivity index (χ3v) is 6.63. The lowest BCUT2D eigenvalue weighted by Crippen LogP contribution is -2.34. The van der Waals surface area contributed by atoms with Crippen molar-refractivity contribution in [3.8, 4) is 0 Å². The Morgan fingerprint density at radius 1 is 0.938 bits per heavy atom. The second kappa shape index (κ2) is 8.93. The van der Waals surface area contributed by atoms with E-state index in [1.165, 1.54) is 21.8 Å². The summed E-state index contributed by atoms with van der Waals surface area (Å²) in [5.41, 5.74) is 3.80. The van der Waals surface area contributed by atoms with Gasteiger partial charge >= 0.3 is 0 Å². The van der Waals surface area contributed by atoms with Gasteiger partial charge in [0.25, 0.3) is 11.8 Å². The zero-order valence-electron chi connectivity index (χ0n) is 18.3. The van der Waals surface area contributed by atoms with Crippen molar-refractivity contribution in [2.45, 2.75) is 32.6 Å². The average molecular weight is 465 g/mol. The second-order valence-corrected chi connectivity index (χ2v) is 10.2. The highest BCUT2D eigenvalue weighted by molar-refractivity contribution is 7.11. The van der Waals surface area contributed by atoms with Gasteiger partial charge in [-0.05, 0) is 58.7 Å². The fraction of sp³-hybridized carbons (Fsp3) is 0.231. The van der Waals surface area contributed by atoms with E-state index in [0.29, 0.717) is 29.3 Å². The molecule has 2 heterocycles. The lowest BCUT2D eigenvalue weighted by Gasteiger charge is -2.19. The Kier molecular flexibility index (Phi) is 6.22. The highest BCUT2D eigenvalue weighted by atomic mass is 35.5. The van der Waals surface area contributed by atoms with Crippen molar-refractivity contribution in [1.29, 1.82) is 0 Å². The summed E-state index contributed by atoms with van der Waals surface area (Å²) >= 11 is 7.41. The summed E-state index contributed by atoms with van der Waals surface area (Å²) in [6.07, 6.45) is 0.569. The number of anilines is 1. The lowest BCUT2D eigenvalue weighted by molar-refractivity contribution is -0.136. The zero-order valence-corrected chi connectivity index (χ0v) is 19.9. The predicted octanol–water partition coefficient (Wildman–Crippen LogP) is 6.13. The minimum atomic E-state index is -0.299. The van der Waals surface area contributed by atoms with Crippen LogP contribution in [0.25, 0.3) is 5.57 Å². The maximum absolute atomic E-state index is 13.3. The van der Waals surface area contributed by atoms with E-state index in [-0.39, 0.29) is 17.2 Å². The number of carbonyl (C=O) groups excluding carboxylic acids is 2. The number of amides is 2. The Morgan fingerprint density at radius 2 is 1.62 bits per heavy atom. The molecule has 0 saturated heterocycles. The van der Waals surface area contributed by atoms with Crippen molar-refractivity contribution in [2.75, 3.05) is 11.9 Å². The standard InChI is InChI=1S/C26H25ClN2O2S/c1-26(2,3)18-8-12-20(13-9-18)28-23-22(21-5-4-16-32-21)24(30)29(25(23)31)15-14-17-6-10-19(27)11-7-17/h4-13,16,28H,14-15H2,1-3H3. The highest BCUT2D eigenvalue weighted by Crippen LogP contribution is 2.33. The first-order chi connectivity index (χ1) is 15.2. The van der Waals surface area contributed by atoms with Crippen LogP contribution >= 0.6 is 22.9 Å². The van der Waals surface area contributed by atoms with E-state index >= 15 is 0 Å². The van der Waals surface area contributed by atoms with Crippen molar-refractivity contribution < 1.29 is 9.59 Å². The molecule has 1 aliphatic rings. The van der Waals surface area contributed by atoms with Gasteiger partial charge in [-0.25, -0.2) is 0 Å². The Labute approximate surface area is 197 Å². The molecular formula is C26H25ClN2O2S. The number of benzene rings is 2. The fourth-order valence-corrected chi connectivity index (χ4v) is 4.53. The van der Waals surface area contributed by atoms with Crippen LogP contribution in [0.5, 0.6) is 0 Å². The van der Waals surface area contributed by atoms with Crippen molar-refractivity contribution in [3.05, 3.63) is 92.8 Å². The number of nitrogens with one attached hydrogen (secondary N) is 1. The lowest BCUT2D eigenvalue weighted by atomic mass is 9.87. The molecular weight excluding hydrogens is 440 g/mol. The zero-order chi connectivity index (χ0) is 22.9. The van der Waals surface area contributed by atoms with Crippen LogP contribution in [0.1, 0.15) is 36.8 Å². The molecule has 1 N–H and O–H groups in total. The maximum Gasteiger partial charge on any atom is 0.278 e. The molecule has 0 saturated carbocycles. The van der Waals surface area contributed by atoms with Gasteiger partial charge in [0, 0.05) is 22.1 Å². The Hall–Kier alpha value is -2.89. The predicted molar refractivity (Wildman–Crippen MR) is 132 cm³/mol. The molecule has 0 fully saturated rings. The molecule has 1 aliphatic heterocycles. The molecule has 32 heavy (non-hydrogen) atoms. The van der Waals surface area contributed by atoms with Crippen LogP contribution in [-0.4, -0.2) is 23.3 Å². The van der Waals surface area contributed by atoms with Crippen LogP contribution in [0.4, 0.5) is 5.69 Å². The molecule has 0 unspecified atom stereocenters. The van der Waals surface area contributed by atoms with Crippen LogP contribution in [0.3, 0.4) is 0 Å². The van der Waals surface area contributed by atoms with Crippen molar-refractivity contribution >= 4 is 46.0 Å². The molecule has 4 nitrogen and oxygen atoms in total. The molecule has 0 radical (unpaired) electrons. The van der Waals surface area contributed by atoms with Gasteiger partial charge in [-0.2, -0.15) is 0 Å². The summed E-state index contributed by atoms with van der Waals surface area (Å²) in [4.78, 5) is 28.7. The molecule has 2 amide bonds. The molecule has 3 aromatic rings. The smallest absolute Gasteiger partial charge is 0.278 e. The second-order valence-electron chi connectivity index (χ2n) is 8.82. The number of halogens is 1. The van der Waals surface area contributed by atoms with Crippen molar-refractivity contribution in [3.63, 3.8) is 0 Å². The van der Waals surface area contributed by atoms with Gasteiger partial charge in [0.1, 0.15) is 5.70 Å². The Morgan fingerprint density at radius 3 is 2.22 bits per heavy atom. The summed E-state index contributed by atoms with van der Waals surface area (Å²) < 4.78 is 0. The van der Waals surface area contributed by atoms with E-state index in [0.717, 1.165) is 16.1 Å². The van der Waals surface area contributed by atoms with E-state index in [1.807, 2.05) is 66.0 Å². The summed E-state index contributed by atoms with van der Waals surface area (Å²) in [6, 6.07) is 19.2. The van der Waals surface area contributed by atoms with Gasteiger partial charge in [-0.3, -0.25) is 14.5 Å². The van der Waals surface area contributed by atoms with Crippen LogP contribution in [0.2, 0.25) is 5.02 Å². The van der Waals surface area contributed by atoms with Gasteiger partial charge in [0.15, 0.2) is 0 Å². The maximum atomic E-state index is 13.3. The van der Waals surface area contributed by atoms with E-state index in [1.54, 1.807) is 0 Å². The molecule has 6 heteroatoms. The first-order valence-electron chi connectivity index (χ1n) is 10.5. The SMILES string of the molecule is CC(C)(C)c1ccc(NC2=C(c3cccs3)C(=O)N(CCc3ccc(Cl)cc3)C2=O)cc1. The van der Waals surface area contributed by atoms with Gasteiger partial charge in [0.05, 0.1) is 5.57 Å². The molecule has 1 aromatic heterocycles. The minimum Gasteiger partial charge on any atom is -0.350 e. The largest absolute Gasteiger partial charge is 0.350 e. The molecule has 0 aliphatic carbocycles. The molecule has 0 bridgehead atoms. The van der Waals surface area contributed by atoms with Gasteiger partial charge in [-0.15, -0.1) is 11.3 Å². The minimum absolute atomic E-state index is 0.0392. The summed E-state index contributed by atoms with van der Waals surface area (Å²) in [7, 11) is 0. The van der Waals surface area contributed by atoms with E-state index in [4.69, 9.17) is 11.6 Å². The molecule has 0 spiro atoms. The fourth-order valence-electron chi connectivity index (χ4n) is 3.63. The third-order valence-electron chi connectivity index (χ3n) is 5.49. The number of thiophene rings is 1. The first-order valence-corrected chi connectivity index (χ1v) is 11.8. The quantitative estimate of drug-likeness (QED) is 0.446. The van der Waals surface area contributed by atoms with Crippen LogP contribution < -0.4 is 5.32 Å². The number of hydrogen-bond acceptors (Lipinski definition) is 4. The monoisotopic (exact) mass is 464 g/mol. The number of carbonyl (C=O) groups is 2. The Balaban J connectivity index is 1.59. The number of rotatable bonds is 6. The van der Waals surface area contributed by atoms with Crippen LogP contribution in [0.15, 0.2) is 71.7 Å².